The molecule has 8 heteroatoms. The number of hydrogen-bond acceptors (Lipinski definition) is 5. The second kappa shape index (κ2) is 15.3. The number of phenols is 1. The molecule has 40 heavy (non-hydrogen) atoms. The average molecular weight is 554 g/mol. The first-order valence-corrected chi connectivity index (χ1v) is 14.3. The summed E-state index contributed by atoms with van der Waals surface area (Å²) in [5, 5.41) is 16.8. The lowest BCUT2D eigenvalue weighted by Gasteiger charge is -2.36. The maximum atomic E-state index is 14.2. The smallest absolute Gasteiger partial charge is 0.408 e. The Morgan fingerprint density at radius 2 is 1.65 bits per heavy atom. The summed E-state index contributed by atoms with van der Waals surface area (Å²) in [6, 6.07) is 12.7. The minimum Gasteiger partial charge on any atom is -0.507 e. The number of nitrogens with one attached hydrogen (secondary N) is 2. The highest BCUT2D eigenvalue weighted by molar-refractivity contribution is 5.92. The maximum absolute atomic E-state index is 14.2. The number of para-hydroxylation sites is 1. The molecule has 3 N–H and O–H groups in total. The van der Waals surface area contributed by atoms with E-state index in [-0.39, 0.29) is 24.8 Å². The van der Waals surface area contributed by atoms with Gasteiger partial charge in [0.2, 0.25) is 11.8 Å². The first-order valence-electron chi connectivity index (χ1n) is 14.3. The minimum atomic E-state index is -1.10. The van der Waals surface area contributed by atoms with Gasteiger partial charge in [-0.05, 0) is 51.2 Å². The Hall–Kier alpha value is -3.55. The Bertz CT molecular complexity index is 1110. The minimum absolute atomic E-state index is 0.0325. The molecule has 0 spiro atoms. The van der Waals surface area contributed by atoms with Gasteiger partial charge in [0.05, 0.1) is 0 Å². The van der Waals surface area contributed by atoms with Gasteiger partial charge in [-0.25, -0.2) is 4.79 Å². The lowest BCUT2D eigenvalue weighted by atomic mass is 9.96. The fourth-order valence-corrected chi connectivity index (χ4v) is 4.44. The Labute approximate surface area is 239 Å². The summed E-state index contributed by atoms with van der Waals surface area (Å²) in [6.45, 7) is 13.4. The summed E-state index contributed by atoms with van der Waals surface area (Å²) in [7, 11) is 0. The van der Waals surface area contributed by atoms with Crippen LogP contribution in [0.5, 0.6) is 5.75 Å². The largest absolute Gasteiger partial charge is 0.507 e. The Morgan fingerprint density at radius 3 is 2.25 bits per heavy atom. The second-order valence-electron chi connectivity index (χ2n) is 11.6. The van der Waals surface area contributed by atoms with Crippen molar-refractivity contribution in [2.45, 2.75) is 98.4 Å². The summed E-state index contributed by atoms with van der Waals surface area (Å²) in [4.78, 5) is 42.3. The van der Waals surface area contributed by atoms with Crippen LogP contribution in [0.4, 0.5) is 4.79 Å². The first-order chi connectivity index (χ1) is 18.9. The molecule has 0 bridgehead atoms. The van der Waals surface area contributed by atoms with E-state index >= 15 is 0 Å². The molecular formula is C32H47N3O5. The van der Waals surface area contributed by atoms with Crippen molar-refractivity contribution in [3.05, 3.63) is 65.2 Å². The molecule has 0 aromatic heterocycles. The normalized spacial score (nSPS) is 12.9. The number of carbonyl (C=O) groups is 3. The standard InChI is InChI=1S/C32H47N3O5/c1-8-9-10-14-20-35(30(38)26(22(2)3)34-31(39)40-32(5,6)7)27(25-19-15-16-23(4)28(25)36)29(37)33-21-24-17-12-11-13-18-24/h11-13,15-19,22,26-27,36H,8-10,14,20-21H2,1-7H3,(H,33,37)(H,34,39). The van der Waals surface area contributed by atoms with Crippen LogP contribution < -0.4 is 10.6 Å². The Morgan fingerprint density at radius 1 is 0.975 bits per heavy atom. The fourth-order valence-electron chi connectivity index (χ4n) is 4.44. The Balaban J connectivity index is 2.51. The van der Waals surface area contributed by atoms with E-state index in [2.05, 4.69) is 17.6 Å². The summed E-state index contributed by atoms with van der Waals surface area (Å²) in [5.74, 6) is -1.13. The van der Waals surface area contributed by atoms with Gasteiger partial charge in [-0.15, -0.1) is 0 Å². The van der Waals surface area contributed by atoms with E-state index in [0.717, 1.165) is 24.8 Å². The molecule has 0 saturated carbocycles. The molecule has 3 amide bonds. The summed E-state index contributed by atoms with van der Waals surface area (Å²) in [5.41, 5.74) is 1.12. The van der Waals surface area contributed by atoms with Gasteiger partial charge in [-0.3, -0.25) is 9.59 Å². The summed E-state index contributed by atoms with van der Waals surface area (Å²) < 4.78 is 5.44. The number of nitrogens with zero attached hydrogens (tertiary/aromatic N) is 1. The van der Waals surface area contributed by atoms with Crippen molar-refractivity contribution in [1.82, 2.24) is 15.5 Å². The van der Waals surface area contributed by atoms with E-state index < -0.39 is 35.6 Å². The summed E-state index contributed by atoms with van der Waals surface area (Å²) >= 11 is 0. The lowest BCUT2D eigenvalue weighted by molar-refractivity contribution is -0.143. The maximum Gasteiger partial charge on any atom is 0.408 e. The van der Waals surface area contributed by atoms with E-state index in [4.69, 9.17) is 4.74 Å². The zero-order chi connectivity index (χ0) is 29.9. The van der Waals surface area contributed by atoms with Crippen LogP contribution in [0, 0.1) is 12.8 Å². The zero-order valence-electron chi connectivity index (χ0n) is 25.1. The average Bonchev–Trinajstić information content (AvgIpc) is 2.89. The number of phenolic OH excluding ortho intramolecular Hbond substituents is 1. The van der Waals surface area contributed by atoms with Crippen LogP contribution in [-0.4, -0.2) is 46.1 Å². The molecule has 2 rings (SSSR count). The van der Waals surface area contributed by atoms with E-state index in [9.17, 15) is 19.5 Å². The van der Waals surface area contributed by atoms with Gasteiger partial charge < -0.3 is 25.4 Å². The highest BCUT2D eigenvalue weighted by Crippen LogP contribution is 2.33. The molecule has 2 unspecified atom stereocenters. The molecule has 0 saturated heterocycles. The van der Waals surface area contributed by atoms with Crippen molar-refractivity contribution >= 4 is 17.9 Å². The van der Waals surface area contributed by atoms with Gasteiger partial charge in [0.15, 0.2) is 0 Å². The molecule has 0 radical (unpaired) electrons. The van der Waals surface area contributed by atoms with Crippen molar-refractivity contribution in [1.29, 1.82) is 0 Å². The number of alkyl carbamates (subject to hydrolysis) is 1. The highest BCUT2D eigenvalue weighted by atomic mass is 16.6. The molecule has 0 heterocycles. The van der Waals surface area contributed by atoms with Gasteiger partial charge in [-0.1, -0.05) is 88.6 Å². The van der Waals surface area contributed by atoms with Gasteiger partial charge in [0, 0.05) is 18.7 Å². The van der Waals surface area contributed by atoms with Crippen molar-refractivity contribution < 1.29 is 24.2 Å². The van der Waals surface area contributed by atoms with Crippen molar-refractivity contribution in [3.8, 4) is 5.75 Å². The van der Waals surface area contributed by atoms with Crippen LogP contribution in [-0.2, 0) is 20.9 Å². The van der Waals surface area contributed by atoms with E-state index in [1.807, 2.05) is 44.2 Å². The predicted molar refractivity (Wildman–Crippen MR) is 158 cm³/mol. The lowest BCUT2D eigenvalue weighted by Crippen LogP contribution is -2.55. The fraction of sp³-hybridized carbons (Fsp3) is 0.531. The van der Waals surface area contributed by atoms with Gasteiger partial charge in [0.1, 0.15) is 23.4 Å². The zero-order valence-corrected chi connectivity index (χ0v) is 25.1. The Kier molecular flexibility index (Phi) is 12.5. The third kappa shape index (κ3) is 9.88. The number of ether oxygens (including phenoxy) is 1. The number of unbranched alkanes of at least 4 members (excludes halogenated alkanes) is 3. The first kappa shape index (κ1) is 32.7. The third-order valence-electron chi connectivity index (χ3n) is 6.57. The number of aryl methyl sites for hydroxylation is 1. The van der Waals surface area contributed by atoms with Crippen molar-refractivity contribution in [2.75, 3.05) is 6.54 Å². The molecule has 2 atom stereocenters. The van der Waals surface area contributed by atoms with E-state index in [1.165, 1.54) is 4.90 Å². The van der Waals surface area contributed by atoms with E-state index in [1.54, 1.807) is 45.9 Å². The van der Waals surface area contributed by atoms with Crippen molar-refractivity contribution in [2.24, 2.45) is 5.92 Å². The van der Waals surface area contributed by atoms with Crippen LogP contribution >= 0.6 is 0 Å². The van der Waals surface area contributed by atoms with Gasteiger partial charge in [-0.2, -0.15) is 0 Å². The third-order valence-corrected chi connectivity index (χ3v) is 6.57. The van der Waals surface area contributed by atoms with Gasteiger partial charge in [0.25, 0.3) is 0 Å². The van der Waals surface area contributed by atoms with Crippen molar-refractivity contribution in [3.63, 3.8) is 0 Å². The second-order valence-corrected chi connectivity index (χ2v) is 11.6. The monoisotopic (exact) mass is 553 g/mol. The molecule has 2 aromatic carbocycles. The molecule has 2 aromatic rings. The molecule has 220 valence electrons. The number of carbonyl (C=O) groups excluding carboxylic acids is 3. The molecule has 0 fully saturated rings. The van der Waals surface area contributed by atoms with Gasteiger partial charge >= 0.3 is 6.09 Å². The van der Waals surface area contributed by atoms with Crippen LogP contribution in [0.1, 0.15) is 90.0 Å². The van der Waals surface area contributed by atoms with Crippen LogP contribution in [0.3, 0.4) is 0 Å². The number of hydrogen-bond donors (Lipinski definition) is 3. The molecule has 8 nitrogen and oxygen atoms in total. The van der Waals surface area contributed by atoms with Crippen LogP contribution in [0.25, 0.3) is 0 Å². The quantitative estimate of drug-likeness (QED) is 0.263. The number of amides is 3. The predicted octanol–water partition coefficient (Wildman–Crippen LogP) is 6.02. The summed E-state index contributed by atoms with van der Waals surface area (Å²) in [6.07, 6.45) is 2.86. The number of aromatic hydroxyl groups is 1. The molecule has 0 aliphatic carbocycles. The molecule has 0 aliphatic rings. The number of rotatable bonds is 13. The molecule has 0 aliphatic heterocycles. The van der Waals surface area contributed by atoms with Crippen LogP contribution in [0.2, 0.25) is 0 Å². The topological polar surface area (TPSA) is 108 Å². The van der Waals surface area contributed by atoms with Crippen LogP contribution in [0.15, 0.2) is 48.5 Å². The number of benzene rings is 2. The highest BCUT2D eigenvalue weighted by Gasteiger charge is 2.38. The SMILES string of the molecule is CCCCCCN(C(=O)C(NC(=O)OC(C)(C)C)C(C)C)C(C(=O)NCc1ccccc1)c1cccc(C)c1O. The molecular weight excluding hydrogens is 506 g/mol. The van der Waals surface area contributed by atoms with E-state index in [0.29, 0.717) is 17.5 Å².